The minimum absolute atomic E-state index is 0.184. The highest BCUT2D eigenvalue weighted by Crippen LogP contribution is 2.33. The first-order valence-corrected chi connectivity index (χ1v) is 6.56. The van der Waals surface area contributed by atoms with E-state index in [1.54, 1.807) is 42.5 Å². The predicted molar refractivity (Wildman–Crippen MR) is 77.4 cm³/mol. The second-order valence-electron chi connectivity index (χ2n) is 4.70. The molecular formula is C16H14N2O3. The molecule has 0 radical (unpaired) electrons. The van der Waals surface area contributed by atoms with E-state index in [1.807, 2.05) is 0 Å². The predicted octanol–water partition coefficient (Wildman–Crippen LogP) is 2.36. The van der Waals surface area contributed by atoms with Gasteiger partial charge >= 0.3 is 0 Å². The van der Waals surface area contributed by atoms with Crippen molar-refractivity contribution in [2.45, 2.75) is 6.10 Å². The van der Waals surface area contributed by atoms with Crippen LogP contribution in [0.2, 0.25) is 0 Å². The standard InChI is InChI=1S/C16H14N2O3/c17-8-11-1-4-13(5-2-11)19-9-14-10-20-16-7-12(18)3-6-15(16)21-14/h1-7,14H,9-10,18H2/t14-/m1/s1. The summed E-state index contributed by atoms with van der Waals surface area (Å²) in [5.41, 5.74) is 6.94. The smallest absolute Gasteiger partial charge is 0.166 e. The van der Waals surface area contributed by atoms with Crippen LogP contribution in [0, 0.1) is 11.3 Å². The largest absolute Gasteiger partial charge is 0.490 e. The first kappa shape index (κ1) is 13.1. The van der Waals surface area contributed by atoms with Crippen molar-refractivity contribution in [3.05, 3.63) is 48.0 Å². The van der Waals surface area contributed by atoms with Gasteiger partial charge in [-0.2, -0.15) is 5.26 Å². The molecule has 0 spiro atoms. The number of nitriles is 1. The molecule has 1 aliphatic rings. The molecule has 2 N–H and O–H groups in total. The van der Waals surface area contributed by atoms with Crippen LogP contribution in [0.5, 0.6) is 17.2 Å². The molecule has 1 aliphatic heterocycles. The molecule has 1 atom stereocenters. The summed E-state index contributed by atoms with van der Waals surface area (Å²) >= 11 is 0. The molecule has 106 valence electrons. The van der Waals surface area contributed by atoms with Crippen molar-refractivity contribution in [3.8, 4) is 23.3 Å². The van der Waals surface area contributed by atoms with E-state index in [2.05, 4.69) is 6.07 Å². The molecule has 1 heterocycles. The number of nitrogens with zero attached hydrogens (tertiary/aromatic N) is 1. The molecule has 0 saturated heterocycles. The number of nitrogen functional groups attached to an aromatic ring is 1. The van der Waals surface area contributed by atoms with Crippen LogP contribution >= 0.6 is 0 Å². The van der Waals surface area contributed by atoms with E-state index in [9.17, 15) is 0 Å². The number of anilines is 1. The fourth-order valence-corrected chi connectivity index (χ4v) is 2.03. The monoisotopic (exact) mass is 282 g/mol. The van der Waals surface area contributed by atoms with Crippen molar-refractivity contribution >= 4 is 5.69 Å². The Hall–Kier alpha value is -2.87. The van der Waals surface area contributed by atoms with Crippen LogP contribution in [0.1, 0.15) is 5.56 Å². The van der Waals surface area contributed by atoms with Crippen LogP contribution in [0.3, 0.4) is 0 Å². The highest BCUT2D eigenvalue weighted by atomic mass is 16.6. The van der Waals surface area contributed by atoms with Crippen molar-refractivity contribution in [2.24, 2.45) is 0 Å². The summed E-state index contributed by atoms with van der Waals surface area (Å²) in [6, 6.07) is 14.3. The Labute approximate surface area is 122 Å². The number of hydrogen-bond acceptors (Lipinski definition) is 5. The van der Waals surface area contributed by atoms with Gasteiger partial charge in [0.1, 0.15) is 19.0 Å². The molecular weight excluding hydrogens is 268 g/mol. The molecule has 0 amide bonds. The van der Waals surface area contributed by atoms with E-state index in [0.29, 0.717) is 41.7 Å². The van der Waals surface area contributed by atoms with Crippen molar-refractivity contribution in [1.29, 1.82) is 5.26 Å². The number of fused-ring (bicyclic) bond motifs is 1. The van der Waals surface area contributed by atoms with Crippen LogP contribution < -0.4 is 19.9 Å². The Bertz CT molecular complexity index is 677. The normalized spacial score (nSPS) is 16.0. The summed E-state index contributed by atoms with van der Waals surface area (Å²) in [7, 11) is 0. The summed E-state index contributed by atoms with van der Waals surface area (Å²) in [5.74, 6) is 2.02. The van der Waals surface area contributed by atoms with E-state index in [-0.39, 0.29) is 6.10 Å². The Morgan fingerprint density at radius 1 is 1.19 bits per heavy atom. The maximum atomic E-state index is 8.74. The lowest BCUT2D eigenvalue weighted by Gasteiger charge is -2.26. The van der Waals surface area contributed by atoms with Gasteiger partial charge in [0, 0.05) is 11.8 Å². The Balaban J connectivity index is 1.59. The summed E-state index contributed by atoms with van der Waals surface area (Å²) in [6.07, 6.45) is -0.184. The molecule has 3 rings (SSSR count). The zero-order valence-corrected chi connectivity index (χ0v) is 11.3. The summed E-state index contributed by atoms with van der Waals surface area (Å²) < 4.78 is 17.1. The van der Waals surface area contributed by atoms with E-state index in [4.69, 9.17) is 25.2 Å². The molecule has 5 heteroatoms. The van der Waals surface area contributed by atoms with Crippen LogP contribution in [0.15, 0.2) is 42.5 Å². The van der Waals surface area contributed by atoms with Crippen molar-refractivity contribution in [3.63, 3.8) is 0 Å². The van der Waals surface area contributed by atoms with Crippen molar-refractivity contribution < 1.29 is 14.2 Å². The third-order valence-corrected chi connectivity index (χ3v) is 3.11. The first-order valence-electron chi connectivity index (χ1n) is 6.56. The summed E-state index contributed by atoms with van der Waals surface area (Å²) in [5, 5.41) is 8.74. The minimum atomic E-state index is -0.184. The third-order valence-electron chi connectivity index (χ3n) is 3.11. The molecule has 2 aromatic carbocycles. The maximum Gasteiger partial charge on any atom is 0.166 e. The molecule has 0 saturated carbocycles. The van der Waals surface area contributed by atoms with Crippen molar-refractivity contribution in [1.82, 2.24) is 0 Å². The van der Waals surface area contributed by atoms with E-state index < -0.39 is 0 Å². The van der Waals surface area contributed by atoms with Gasteiger partial charge in [-0.15, -0.1) is 0 Å². The molecule has 2 aromatic rings. The van der Waals surface area contributed by atoms with Crippen LogP contribution in [-0.4, -0.2) is 19.3 Å². The Morgan fingerprint density at radius 2 is 2.00 bits per heavy atom. The van der Waals surface area contributed by atoms with Crippen LogP contribution in [0.4, 0.5) is 5.69 Å². The van der Waals surface area contributed by atoms with Gasteiger partial charge in [-0.1, -0.05) is 0 Å². The second kappa shape index (κ2) is 5.63. The third kappa shape index (κ3) is 3.00. The fourth-order valence-electron chi connectivity index (χ4n) is 2.03. The summed E-state index contributed by atoms with van der Waals surface area (Å²) in [4.78, 5) is 0. The highest BCUT2D eigenvalue weighted by molar-refractivity contribution is 5.52. The zero-order valence-electron chi connectivity index (χ0n) is 11.3. The van der Waals surface area contributed by atoms with Crippen LogP contribution in [0.25, 0.3) is 0 Å². The van der Waals surface area contributed by atoms with E-state index >= 15 is 0 Å². The Kier molecular flexibility index (Phi) is 3.52. The number of benzene rings is 2. The molecule has 0 aromatic heterocycles. The van der Waals surface area contributed by atoms with Crippen LogP contribution in [-0.2, 0) is 0 Å². The number of ether oxygens (including phenoxy) is 3. The number of hydrogen-bond donors (Lipinski definition) is 1. The molecule has 0 fully saturated rings. The van der Waals surface area contributed by atoms with Gasteiger partial charge in [0.2, 0.25) is 0 Å². The molecule has 5 nitrogen and oxygen atoms in total. The van der Waals surface area contributed by atoms with Gasteiger partial charge in [0.25, 0.3) is 0 Å². The van der Waals surface area contributed by atoms with Gasteiger partial charge in [0.15, 0.2) is 17.6 Å². The van der Waals surface area contributed by atoms with Gasteiger partial charge in [-0.3, -0.25) is 0 Å². The van der Waals surface area contributed by atoms with Crippen molar-refractivity contribution in [2.75, 3.05) is 18.9 Å². The minimum Gasteiger partial charge on any atom is -0.490 e. The topological polar surface area (TPSA) is 77.5 Å². The van der Waals surface area contributed by atoms with Gasteiger partial charge in [-0.05, 0) is 36.4 Å². The zero-order chi connectivity index (χ0) is 14.7. The lowest BCUT2D eigenvalue weighted by molar-refractivity contribution is 0.0536. The first-order chi connectivity index (χ1) is 10.2. The quantitative estimate of drug-likeness (QED) is 0.874. The molecule has 0 aliphatic carbocycles. The lowest BCUT2D eigenvalue weighted by atomic mass is 10.2. The van der Waals surface area contributed by atoms with Gasteiger partial charge < -0.3 is 19.9 Å². The molecule has 0 unspecified atom stereocenters. The van der Waals surface area contributed by atoms with Gasteiger partial charge in [-0.25, -0.2) is 0 Å². The number of nitrogens with two attached hydrogens (primary N) is 1. The maximum absolute atomic E-state index is 8.74. The second-order valence-corrected chi connectivity index (χ2v) is 4.70. The molecule has 21 heavy (non-hydrogen) atoms. The highest BCUT2D eigenvalue weighted by Gasteiger charge is 2.21. The lowest BCUT2D eigenvalue weighted by Crippen LogP contribution is -2.34. The average molecular weight is 282 g/mol. The van der Waals surface area contributed by atoms with Gasteiger partial charge in [0.05, 0.1) is 11.6 Å². The average Bonchev–Trinajstić information content (AvgIpc) is 2.53. The fraction of sp³-hybridized carbons (Fsp3) is 0.188. The van der Waals surface area contributed by atoms with E-state index in [0.717, 1.165) is 0 Å². The summed E-state index contributed by atoms with van der Waals surface area (Å²) in [6.45, 7) is 0.780. The number of rotatable bonds is 3. The molecule has 0 bridgehead atoms. The Morgan fingerprint density at radius 3 is 2.76 bits per heavy atom. The SMILES string of the molecule is N#Cc1ccc(OC[C@@H]2COc3cc(N)ccc3O2)cc1. The van der Waals surface area contributed by atoms with E-state index in [1.165, 1.54) is 0 Å².